The van der Waals surface area contributed by atoms with Gasteiger partial charge < -0.3 is 9.84 Å². The number of fused-ring (bicyclic) bond motifs is 1. The number of aromatic nitrogens is 2. The molecule has 0 fully saturated rings. The molecule has 2 aromatic carbocycles. The first-order valence-electron chi connectivity index (χ1n) is 7.81. The van der Waals surface area contributed by atoms with Crippen LogP contribution in [-0.4, -0.2) is 40.9 Å². The summed E-state index contributed by atoms with van der Waals surface area (Å²) in [4.78, 5) is 12.5. The van der Waals surface area contributed by atoms with Crippen LogP contribution in [0.4, 0.5) is 8.78 Å². The molecule has 0 saturated carbocycles. The van der Waals surface area contributed by atoms with Crippen LogP contribution < -0.4 is 0 Å². The molecule has 0 spiro atoms. The van der Waals surface area contributed by atoms with Crippen molar-refractivity contribution in [2.24, 2.45) is 0 Å². The number of hydrogen-bond donors (Lipinski definition) is 2. The summed E-state index contributed by atoms with van der Waals surface area (Å²) in [6.07, 6.45) is 1.40. The molecule has 3 aromatic rings. The van der Waals surface area contributed by atoms with Gasteiger partial charge in [-0.15, -0.1) is 0 Å². The Bertz CT molecular complexity index is 959. The second-order valence-corrected chi connectivity index (χ2v) is 6.57. The molecule has 0 amide bonds. The minimum atomic E-state index is -0.598. The quantitative estimate of drug-likeness (QED) is 0.450. The molecule has 1 heterocycles. The first-order chi connectivity index (χ1) is 12.5. The zero-order chi connectivity index (χ0) is 18.7. The van der Waals surface area contributed by atoms with Crippen molar-refractivity contribution in [3.8, 4) is 0 Å². The molecule has 1 aromatic heterocycles. The number of carbonyl (C=O) groups is 1. The maximum absolute atomic E-state index is 14.3. The molecular formula is C18H15BrF2N2O3. The topological polar surface area (TPSA) is 75.2 Å². The van der Waals surface area contributed by atoms with Gasteiger partial charge in [-0.1, -0.05) is 22.0 Å². The van der Waals surface area contributed by atoms with Gasteiger partial charge in [0.25, 0.3) is 0 Å². The fraction of sp³-hybridized carbons (Fsp3) is 0.222. The van der Waals surface area contributed by atoms with Crippen LogP contribution in [0.25, 0.3) is 10.9 Å². The Balaban J connectivity index is 2.06. The molecular weight excluding hydrogens is 410 g/mol. The van der Waals surface area contributed by atoms with Gasteiger partial charge in [-0.25, -0.2) is 8.78 Å². The van der Waals surface area contributed by atoms with Gasteiger partial charge in [0.15, 0.2) is 5.78 Å². The van der Waals surface area contributed by atoms with Crippen LogP contribution in [0.15, 0.2) is 34.9 Å². The third kappa shape index (κ3) is 3.82. The molecule has 0 aliphatic rings. The minimum Gasteiger partial charge on any atom is -0.394 e. The van der Waals surface area contributed by atoms with Gasteiger partial charge >= 0.3 is 0 Å². The normalized spacial score (nSPS) is 11.2. The van der Waals surface area contributed by atoms with E-state index in [1.807, 2.05) is 0 Å². The smallest absolute Gasteiger partial charge is 0.188 e. The van der Waals surface area contributed by atoms with Gasteiger partial charge in [0.05, 0.1) is 30.3 Å². The number of nitrogens with one attached hydrogen (secondary N) is 1. The van der Waals surface area contributed by atoms with E-state index in [0.29, 0.717) is 21.1 Å². The molecule has 0 unspecified atom stereocenters. The average Bonchev–Trinajstić information content (AvgIpc) is 3.09. The van der Waals surface area contributed by atoms with Crippen molar-refractivity contribution in [1.82, 2.24) is 10.2 Å². The van der Waals surface area contributed by atoms with Crippen LogP contribution in [-0.2, 0) is 11.2 Å². The van der Waals surface area contributed by atoms with Gasteiger partial charge in [-0.3, -0.25) is 9.89 Å². The Morgan fingerprint density at radius 3 is 2.81 bits per heavy atom. The summed E-state index contributed by atoms with van der Waals surface area (Å²) >= 11 is 3.20. The third-order valence-corrected chi connectivity index (χ3v) is 4.44. The van der Waals surface area contributed by atoms with Gasteiger partial charge in [-0.2, -0.15) is 5.10 Å². The zero-order valence-corrected chi connectivity index (χ0v) is 15.1. The first-order valence-corrected chi connectivity index (χ1v) is 8.60. The van der Waals surface area contributed by atoms with Crippen LogP contribution in [0.3, 0.4) is 0 Å². The number of aromatic amines is 1. The van der Waals surface area contributed by atoms with E-state index in [1.165, 1.54) is 12.3 Å². The van der Waals surface area contributed by atoms with Crippen molar-refractivity contribution in [3.05, 3.63) is 63.3 Å². The van der Waals surface area contributed by atoms with Crippen molar-refractivity contribution < 1.29 is 23.4 Å². The molecule has 0 atom stereocenters. The Labute approximate surface area is 156 Å². The number of rotatable bonds is 7. The number of ketones is 1. The zero-order valence-electron chi connectivity index (χ0n) is 13.6. The van der Waals surface area contributed by atoms with Crippen molar-refractivity contribution in [2.75, 3.05) is 19.8 Å². The maximum atomic E-state index is 14.3. The fourth-order valence-corrected chi connectivity index (χ4v) is 3.05. The van der Waals surface area contributed by atoms with Gasteiger partial charge in [0.1, 0.15) is 18.2 Å². The van der Waals surface area contributed by atoms with Gasteiger partial charge in [0, 0.05) is 16.5 Å². The maximum Gasteiger partial charge on any atom is 0.188 e. The molecule has 5 nitrogen and oxygen atoms in total. The SMILES string of the molecule is O=C(COCCO)c1cc(F)c2cn[nH]c2c1Cc1ccc(Br)cc1F. The van der Waals surface area contributed by atoms with Gasteiger partial charge in [-0.05, 0) is 29.3 Å². The van der Waals surface area contributed by atoms with Crippen LogP contribution in [0.2, 0.25) is 0 Å². The molecule has 0 aliphatic carbocycles. The van der Waals surface area contributed by atoms with Crippen LogP contribution in [0, 0.1) is 11.6 Å². The number of ether oxygens (including phenoxy) is 1. The largest absolute Gasteiger partial charge is 0.394 e. The molecule has 0 bridgehead atoms. The van der Waals surface area contributed by atoms with Crippen LogP contribution >= 0.6 is 15.9 Å². The van der Waals surface area contributed by atoms with Gasteiger partial charge in [0.2, 0.25) is 0 Å². The molecule has 0 saturated heterocycles. The van der Waals surface area contributed by atoms with E-state index < -0.39 is 17.4 Å². The number of halogens is 3. The highest BCUT2D eigenvalue weighted by atomic mass is 79.9. The molecule has 3 rings (SSSR count). The standard InChI is InChI=1S/C18H15BrF2N2O3/c19-11-2-1-10(15(20)6-11)5-13-12(17(25)9-26-4-3-24)7-16(21)14-8-22-23-18(13)14/h1-2,6-8,24H,3-5,9H2,(H,22,23). The lowest BCUT2D eigenvalue weighted by Gasteiger charge is -2.12. The highest BCUT2D eigenvalue weighted by molar-refractivity contribution is 9.10. The molecule has 26 heavy (non-hydrogen) atoms. The Kier molecular flexibility index (Phi) is 5.75. The van der Waals surface area contributed by atoms with E-state index >= 15 is 0 Å². The predicted molar refractivity (Wildman–Crippen MR) is 95.2 cm³/mol. The molecule has 136 valence electrons. The van der Waals surface area contributed by atoms with Crippen LogP contribution in [0.5, 0.6) is 0 Å². The Morgan fingerprint density at radius 1 is 1.27 bits per heavy atom. The lowest BCUT2D eigenvalue weighted by molar-refractivity contribution is 0.0663. The first kappa shape index (κ1) is 18.6. The second kappa shape index (κ2) is 8.03. The Hall–Kier alpha value is -2.16. The summed E-state index contributed by atoms with van der Waals surface area (Å²) < 4.78 is 34.2. The number of H-pyrrole nitrogens is 1. The number of benzene rings is 2. The van der Waals surface area contributed by atoms with Crippen molar-refractivity contribution >= 4 is 32.6 Å². The number of nitrogens with zero attached hydrogens (tertiary/aromatic N) is 1. The lowest BCUT2D eigenvalue weighted by atomic mass is 9.94. The fourth-order valence-electron chi connectivity index (χ4n) is 2.72. The summed E-state index contributed by atoms with van der Waals surface area (Å²) in [5.74, 6) is -1.49. The van der Waals surface area contributed by atoms with Crippen molar-refractivity contribution in [1.29, 1.82) is 0 Å². The van der Waals surface area contributed by atoms with E-state index in [1.54, 1.807) is 12.1 Å². The predicted octanol–water partition coefficient (Wildman–Crippen LogP) is 3.39. The molecule has 2 N–H and O–H groups in total. The summed E-state index contributed by atoms with van der Waals surface area (Å²) in [5.41, 5.74) is 1.25. The second-order valence-electron chi connectivity index (χ2n) is 5.66. The summed E-state index contributed by atoms with van der Waals surface area (Å²) in [7, 11) is 0. The van der Waals surface area contributed by atoms with Crippen LogP contribution in [0.1, 0.15) is 21.5 Å². The highest BCUT2D eigenvalue weighted by Gasteiger charge is 2.20. The highest BCUT2D eigenvalue weighted by Crippen LogP contribution is 2.28. The molecule has 8 heteroatoms. The number of aliphatic hydroxyl groups excluding tert-OH is 1. The van der Waals surface area contributed by atoms with E-state index in [-0.39, 0.29) is 37.2 Å². The van der Waals surface area contributed by atoms with E-state index in [4.69, 9.17) is 9.84 Å². The number of Topliss-reactive ketones (excluding diaryl/α,β-unsaturated/α-hetero) is 1. The molecule has 0 aliphatic heterocycles. The van der Waals surface area contributed by atoms with E-state index in [0.717, 1.165) is 6.07 Å². The average molecular weight is 425 g/mol. The summed E-state index contributed by atoms with van der Waals surface area (Å²) in [6, 6.07) is 5.74. The number of carbonyl (C=O) groups excluding carboxylic acids is 1. The van der Waals surface area contributed by atoms with Crippen molar-refractivity contribution in [3.63, 3.8) is 0 Å². The Morgan fingerprint density at radius 2 is 2.08 bits per heavy atom. The molecule has 0 radical (unpaired) electrons. The van der Waals surface area contributed by atoms with E-state index in [2.05, 4.69) is 26.1 Å². The van der Waals surface area contributed by atoms with E-state index in [9.17, 15) is 13.6 Å². The third-order valence-electron chi connectivity index (χ3n) is 3.95. The summed E-state index contributed by atoms with van der Waals surface area (Å²) in [6.45, 7) is -0.537. The van der Waals surface area contributed by atoms with Crippen molar-refractivity contribution in [2.45, 2.75) is 6.42 Å². The minimum absolute atomic E-state index is 0.00278. The summed E-state index contributed by atoms with van der Waals surface area (Å²) in [5, 5.41) is 15.5. The monoisotopic (exact) mass is 424 g/mol. The number of aliphatic hydroxyl groups is 1. The number of hydrogen-bond acceptors (Lipinski definition) is 4. The lowest BCUT2D eigenvalue weighted by Crippen LogP contribution is -2.14.